The summed E-state index contributed by atoms with van der Waals surface area (Å²) >= 11 is 6.24. The maximum Gasteiger partial charge on any atom is 0.293 e. The van der Waals surface area contributed by atoms with Gasteiger partial charge < -0.3 is 25.0 Å². The average molecular weight is 876 g/mol. The van der Waals surface area contributed by atoms with Crippen molar-refractivity contribution in [1.29, 1.82) is 0 Å². The van der Waals surface area contributed by atoms with Crippen molar-refractivity contribution in [3.05, 3.63) is 147 Å². The lowest BCUT2D eigenvalue weighted by Gasteiger charge is -2.39. The van der Waals surface area contributed by atoms with Crippen molar-refractivity contribution >= 4 is 61.2 Å². The van der Waals surface area contributed by atoms with Crippen LogP contribution in [-0.4, -0.2) is 71.9 Å². The molecule has 0 spiro atoms. The number of benzene rings is 4. The fraction of sp³-hybridized carbons (Fsp3) is 0.261. The number of nitrogens with zero attached hydrogens (tertiary/aromatic N) is 4. The van der Waals surface area contributed by atoms with Crippen LogP contribution < -0.4 is 19.7 Å². The van der Waals surface area contributed by atoms with Crippen LogP contribution in [0.3, 0.4) is 0 Å². The number of hydrogen-bond acceptors (Lipinski definition) is 11. The molecule has 0 bridgehead atoms. The number of aromatic amines is 1. The van der Waals surface area contributed by atoms with Gasteiger partial charge in [-0.1, -0.05) is 55.3 Å². The van der Waals surface area contributed by atoms with Gasteiger partial charge in [0.25, 0.3) is 21.6 Å². The number of ether oxygens (including phenoxy) is 1. The number of nitro benzene ring substituents is 1. The monoisotopic (exact) mass is 875 g/mol. The molecule has 14 nitrogen and oxygen atoms in total. The molecule has 2 aromatic heterocycles. The first-order valence-electron chi connectivity index (χ1n) is 20.3. The van der Waals surface area contributed by atoms with E-state index in [4.69, 9.17) is 16.3 Å². The number of carbonyl (C=O) groups is 1. The third-order valence-corrected chi connectivity index (χ3v) is 13.0. The average Bonchev–Trinajstić information content (AvgIpc) is 3.72. The van der Waals surface area contributed by atoms with Crippen LogP contribution in [0.4, 0.5) is 17.1 Å². The number of aromatic nitrogens is 2. The second-order valence-corrected chi connectivity index (χ2v) is 18.6. The van der Waals surface area contributed by atoms with E-state index in [0.29, 0.717) is 24.5 Å². The van der Waals surface area contributed by atoms with Gasteiger partial charge in [-0.3, -0.25) is 19.8 Å². The summed E-state index contributed by atoms with van der Waals surface area (Å²) in [6, 6.07) is 26.4. The first kappa shape index (κ1) is 42.3. The Kier molecular flexibility index (Phi) is 11.9. The van der Waals surface area contributed by atoms with E-state index in [0.717, 1.165) is 66.6 Å². The molecule has 3 heterocycles. The normalized spacial score (nSPS) is 15.7. The van der Waals surface area contributed by atoms with Crippen molar-refractivity contribution in [3.63, 3.8) is 0 Å². The van der Waals surface area contributed by atoms with Crippen molar-refractivity contribution < 1.29 is 28.0 Å². The SMILES string of the molecule is CC1(C)CCC(CN2CCN(c3ccc(C(=O)NS(=O)(=O)c4ccc(NCc5ccc(O)cc5)c([N+](=O)[O-])c4)c(Oc4cnc5[nH]ccc5c4)c3)CC2)=C(c2ccc(Cl)cc2)C1. The topological polar surface area (TPSA) is 183 Å². The quantitative estimate of drug-likeness (QED) is 0.0641. The van der Waals surface area contributed by atoms with Crippen LogP contribution in [0.1, 0.15) is 54.6 Å². The number of piperazine rings is 1. The van der Waals surface area contributed by atoms with E-state index in [1.807, 2.05) is 18.2 Å². The van der Waals surface area contributed by atoms with Gasteiger partial charge in [0.1, 0.15) is 28.6 Å². The highest BCUT2D eigenvalue weighted by Gasteiger charge is 2.30. The van der Waals surface area contributed by atoms with Gasteiger partial charge in [0.05, 0.1) is 21.6 Å². The van der Waals surface area contributed by atoms with Crippen LogP contribution in [-0.2, 0) is 16.6 Å². The van der Waals surface area contributed by atoms with Crippen molar-refractivity contribution in [2.45, 2.75) is 44.6 Å². The predicted molar refractivity (Wildman–Crippen MR) is 240 cm³/mol. The molecule has 4 aromatic carbocycles. The number of sulfonamides is 1. The molecule has 16 heteroatoms. The first-order valence-corrected chi connectivity index (χ1v) is 22.1. The molecular formula is C46H46ClN7O7S. The number of anilines is 2. The first-order chi connectivity index (χ1) is 29.7. The second kappa shape index (κ2) is 17.5. The van der Waals surface area contributed by atoms with Crippen LogP contribution >= 0.6 is 11.6 Å². The summed E-state index contributed by atoms with van der Waals surface area (Å²) in [4.78, 5) is 36.9. The molecule has 0 saturated carbocycles. The number of halogens is 1. The fourth-order valence-electron chi connectivity index (χ4n) is 8.01. The van der Waals surface area contributed by atoms with Gasteiger partial charge in [-0.25, -0.2) is 18.1 Å². The Morgan fingerprint density at radius 2 is 1.74 bits per heavy atom. The maximum absolute atomic E-state index is 13.9. The Balaban J connectivity index is 1.01. The molecule has 6 aromatic rings. The number of pyridine rings is 1. The Labute approximate surface area is 364 Å². The minimum Gasteiger partial charge on any atom is -0.508 e. The van der Waals surface area contributed by atoms with E-state index in [1.165, 1.54) is 53.2 Å². The number of nitrogens with one attached hydrogen (secondary N) is 3. The van der Waals surface area contributed by atoms with Crippen molar-refractivity contribution in [2.24, 2.45) is 5.41 Å². The molecule has 0 unspecified atom stereocenters. The van der Waals surface area contributed by atoms with Crippen LogP contribution in [0.5, 0.6) is 17.2 Å². The molecule has 0 atom stereocenters. The number of hydrogen-bond donors (Lipinski definition) is 4. The third kappa shape index (κ3) is 9.70. The zero-order valence-corrected chi connectivity index (χ0v) is 35.8. The summed E-state index contributed by atoms with van der Waals surface area (Å²) in [5, 5.41) is 26.1. The molecule has 62 heavy (non-hydrogen) atoms. The number of carbonyl (C=O) groups excluding carboxylic acids is 1. The van der Waals surface area contributed by atoms with E-state index in [2.05, 4.69) is 55.8 Å². The van der Waals surface area contributed by atoms with Crippen LogP contribution in [0, 0.1) is 15.5 Å². The van der Waals surface area contributed by atoms with Gasteiger partial charge in [-0.2, -0.15) is 0 Å². The van der Waals surface area contributed by atoms with Gasteiger partial charge in [0.15, 0.2) is 0 Å². The van der Waals surface area contributed by atoms with Crippen molar-refractivity contribution in [1.82, 2.24) is 19.6 Å². The number of phenolic OH excluding ortho intramolecular Hbond substituents is 1. The van der Waals surface area contributed by atoms with Crippen LogP contribution in [0.25, 0.3) is 16.6 Å². The molecule has 1 fully saturated rings. The fourth-order valence-corrected chi connectivity index (χ4v) is 9.12. The second-order valence-electron chi connectivity index (χ2n) is 16.5. The molecule has 1 aliphatic heterocycles. The molecule has 8 rings (SSSR count). The summed E-state index contributed by atoms with van der Waals surface area (Å²) in [6.45, 7) is 8.74. The number of nitro groups is 1. The highest BCUT2D eigenvalue weighted by Crippen LogP contribution is 2.43. The van der Waals surface area contributed by atoms with E-state index in [1.54, 1.807) is 36.5 Å². The molecular weight excluding hydrogens is 830 g/mol. The van der Waals surface area contributed by atoms with Crippen LogP contribution in [0.15, 0.2) is 120 Å². The zero-order chi connectivity index (χ0) is 43.6. The lowest BCUT2D eigenvalue weighted by molar-refractivity contribution is -0.384. The molecule has 0 radical (unpaired) electrons. The van der Waals surface area contributed by atoms with E-state index >= 15 is 0 Å². The lowest BCUT2D eigenvalue weighted by Crippen LogP contribution is -2.47. The molecule has 2 aliphatic rings. The number of phenols is 1. The van der Waals surface area contributed by atoms with Gasteiger partial charge in [0.2, 0.25) is 0 Å². The summed E-state index contributed by atoms with van der Waals surface area (Å²) < 4.78 is 35.7. The molecule has 1 aliphatic carbocycles. The Bertz CT molecular complexity index is 2780. The molecule has 4 N–H and O–H groups in total. The summed E-state index contributed by atoms with van der Waals surface area (Å²) in [5.41, 5.74) is 5.99. The number of aromatic hydroxyl groups is 1. The number of fused-ring (bicyclic) bond motifs is 1. The summed E-state index contributed by atoms with van der Waals surface area (Å²) in [6.07, 6.45) is 6.43. The Morgan fingerprint density at radius 3 is 2.48 bits per heavy atom. The maximum atomic E-state index is 13.9. The van der Waals surface area contributed by atoms with E-state index in [9.17, 15) is 28.4 Å². The van der Waals surface area contributed by atoms with Crippen molar-refractivity contribution in [3.8, 4) is 17.2 Å². The van der Waals surface area contributed by atoms with Gasteiger partial charge in [0, 0.05) is 73.7 Å². The van der Waals surface area contributed by atoms with Crippen molar-refractivity contribution in [2.75, 3.05) is 42.9 Å². The highest BCUT2D eigenvalue weighted by atomic mass is 35.5. The number of rotatable bonds is 13. The predicted octanol–water partition coefficient (Wildman–Crippen LogP) is 9.14. The Hall–Kier alpha value is -6.42. The van der Waals surface area contributed by atoms with Gasteiger partial charge in [-0.05, 0) is 102 Å². The largest absolute Gasteiger partial charge is 0.508 e. The molecule has 320 valence electrons. The standard InChI is InChI=1S/C46H46ClN7O7S/c1-46(2)17-15-33(40(26-46)31-5-7-34(47)8-6-31)29-52-19-21-53(22-20-52)35-9-13-39(43(24-35)61-37-23-32-16-18-48-44(32)50-28-37)45(56)51-62(59,60)38-12-14-41(42(25-38)54(57)58)49-27-30-3-10-36(55)11-4-30/h3-14,16,18,23-25,28,49,55H,15,17,19-22,26-27,29H2,1-2H3,(H,48,50)(H,51,56). The summed E-state index contributed by atoms with van der Waals surface area (Å²) in [7, 11) is -4.60. The van der Waals surface area contributed by atoms with Gasteiger partial charge in [-0.15, -0.1) is 0 Å². The summed E-state index contributed by atoms with van der Waals surface area (Å²) in [5.74, 6) is -0.462. The smallest absolute Gasteiger partial charge is 0.293 e. The number of amides is 1. The lowest BCUT2D eigenvalue weighted by atomic mass is 9.72. The van der Waals surface area contributed by atoms with Crippen LogP contribution in [0.2, 0.25) is 5.02 Å². The Morgan fingerprint density at radius 1 is 0.984 bits per heavy atom. The minimum atomic E-state index is -4.60. The minimum absolute atomic E-state index is 0.0614. The highest BCUT2D eigenvalue weighted by molar-refractivity contribution is 7.90. The number of allylic oxidation sites excluding steroid dienone is 1. The molecule has 1 amide bonds. The van der Waals surface area contributed by atoms with Gasteiger partial charge >= 0.3 is 0 Å². The molecule has 1 saturated heterocycles. The van der Waals surface area contributed by atoms with E-state index < -0.39 is 31.4 Å². The van der Waals surface area contributed by atoms with E-state index in [-0.39, 0.29) is 34.7 Å². The number of H-pyrrole nitrogens is 1. The third-order valence-electron chi connectivity index (χ3n) is 11.5. The zero-order valence-electron chi connectivity index (χ0n) is 34.2.